The second kappa shape index (κ2) is 8.03. The van der Waals surface area contributed by atoms with Crippen molar-refractivity contribution in [2.24, 2.45) is 0 Å². The number of hydrogen-bond donors (Lipinski definition) is 1. The predicted octanol–water partition coefficient (Wildman–Crippen LogP) is 2.85. The third kappa shape index (κ3) is 6.26. The first-order chi connectivity index (χ1) is 10.8. The van der Waals surface area contributed by atoms with Crippen LogP contribution in [0.15, 0.2) is 18.2 Å². The van der Waals surface area contributed by atoms with Gasteiger partial charge in [0.1, 0.15) is 23.1 Å². The molecule has 0 unspecified atom stereocenters. The summed E-state index contributed by atoms with van der Waals surface area (Å²) in [6, 6.07) is 6.72. The standard InChI is InChI=1S/C16H20N2O5/c1-16(2,3)23-15(20)18-14-11(10-17)6-5-7-12(14)22-9-8-13(19)21-4/h5-7H,8-9H2,1-4H3,(H,18,20). The van der Waals surface area contributed by atoms with Crippen molar-refractivity contribution < 1.29 is 23.8 Å². The van der Waals surface area contributed by atoms with E-state index in [0.29, 0.717) is 0 Å². The van der Waals surface area contributed by atoms with Crippen LogP contribution < -0.4 is 10.1 Å². The Hall–Kier alpha value is -2.75. The van der Waals surface area contributed by atoms with Crippen LogP contribution in [-0.4, -0.2) is 31.4 Å². The lowest BCUT2D eigenvalue weighted by Gasteiger charge is -2.20. The fourth-order valence-electron chi connectivity index (χ4n) is 1.63. The van der Waals surface area contributed by atoms with Gasteiger partial charge in [0, 0.05) is 0 Å². The molecule has 0 radical (unpaired) electrons. The third-order valence-electron chi connectivity index (χ3n) is 2.56. The summed E-state index contributed by atoms with van der Waals surface area (Å²) in [5.74, 6) is -0.137. The van der Waals surface area contributed by atoms with Gasteiger partial charge in [-0.05, 0) is 32.9 Å². The maximum absolute atomic E-state index is 11.9. The maximum atomic E-state index is 11.9. The van der Waals surface area contributed by atoms with E-state index in [4.69, 9.17) is 14.7 Å². The number of carbonyl (C=O) groups excluding carboxylic acids is 2. The highest BCUT2D eigenvalue weighted by Gasteiger charge is 2.19. The SMILES string of the molecule is COC(=O)CCOc1cccc(C#N)c1NC(=O)OC(C)(C)C. The molecule has 0 saturated heterocycles. The van der Waals surface area contributed by atoms with E-state index in [1.807, 2.05) is 6.07 Å². The van der Waals surface area contributed by atoms with Crippen LogP contribution in [0.2, 0.25) is 0 Å². The molecule has 1 amide bonds. The number of nitrogens with zero attached hydrogens (tertiary/aromatic N) is 1. The summed E-state index contributed by atoms with van der Waals surface area (Å²) in [5.41, 5.74) is -0.238. The number of ether oxygens (including phenoxy) is 3. The average Bonchev–Trinajstić information content (AvgIpc) is 2.46. The Balaban J connectivity index is 2.89. The van der Waals surface area contributed by atoms with Crippen molar-refractivity contribution in [1.82, 2.24) is 0 Å². The number of para-hydroxylation sites is 1. The fraction of sp³-hybridized carbons (Fsp3) is 0.438. The van der Waals surface area contributed by atoms with E-state index in [2.05, 4.69) is 10.1 Å². The molecule has 0 aliphatic rings. The van der Waals surface area contributed by atoms with Gasteiger partial charge in [-0.3, -0.25) is 10.1 Å². The third-order valence-corrected chi connectivity index (χ3v) is 2.56. The Kier molecular flexibility index (Phi) is 6.39. The van der Waals surface area contributed by atoms with Crippen molar-refractivity contribution in [3.05, 3.63) is 23.8 Å². The molecule has 1 aromatic carbocycles. The lowest BCUT2D eigenvalue weighted by molar-refractivity contribution is -0.141. The molecule has 1 N–H and O–H groups in total. The smallest absolute Gasteiger partial charge is 0.412 e. The van der Waals surface area contributed by atoms with Gasteiger partial charge in [-0.1, -0.05) is 6.07 Å². The van der Waals surface area contributed by atoms with Gasteiger partial charge < -0.3 is 14.2 Å². The first-order valence-corrected chi connectivity index (χ1v) is 6.99. The van der Waals surface area contributed by atoms with E-state index in [1.54, 1.807) is 39.0 Å². The predicted molar refractivity (Wildman–Crippen MR) is 83.1 cm³/mol. The van der Waals surface area contributed by atoms with E-state index in [9.17, 15) is 9.59 Å². The largest absolute Gasteiger partial charge is 0.491 e. The van der Waals surface area contributed by atoms with E-state index in [1.165, 1.54) is 7.11 Å². The van der Waals surface area contributed by atoms with Crippen LogP contribution in [0.1, 0.15) is 32.8 Å². The molecule has 0 aliphatic carbocycles. The van der Waals surface area contributed by atoms with Gasteiger partial charge in [0.2, 0.25) is 0 Å². The number of esters is 1. The van der Waals surface area contributed by atoms with Crippen molar-refractivity contribution in [3.63, 3.8) is 0 Å². The van der Waals surface area contributed by atoms with Gasteiger partial charge in [-0.15, -0.1) is 0 Å². The van der Waals surface area contributed by atoms with Crippen LogP contribution in [0.4, 0.5) is 10.5 Å². The monoisotopic (exact) mass is 320 g/mol. The summed E-state index contributed by atoms with van der Waals surface area (Å²) in [6.07, 6.45) is -0.642. The van der Waals surface area contributed by atoms with Crippen LogP contribution in [-0.2, 0) is 14.3 Å². The van der Waals surface area contributed by atoms with Crippen LogP contribution in [0, 0.1) is 11.3 Å². The first kappa shape index (κ1) is 18.3. The van der Waals surface area contributed by atoms with Crippen molar-refractivity contribution in [2.45, 2.75) is 32.8 Å². The number of benzene rings is 1. The number of rotatable bonds is 5. The van der Waals surface area contributed by atoms with Gasteiger partial charge in [-0.2, -0.15) is 5.26 Å². The molecular formula is C16H20N2O5. The minimum atomic E-state index is -0.696. The Labute approximate surface area is 135 Å². The van der Waals surface area contributed by atoms with Gasteiger partial charge in [0.25, 0.3) is 0 Å². The van der Waals surface area contributed by atoms with Crippen molar-refractivity contribution >= 4 is 17.7 Å². The molecule has 1 aromatic rings. The summed E-state index contributed by atoms with van der Waals surface area (Å²) in [6.45, 7) is 5.26. The number of carbonyl (C=O) groups is 2. The highest BCUT2D eigenvalue weighted by Crippen LogP contribution is 2.29. The van der Waals surface area contributed by atoms with Gasteiger partial charge in [0.15, 0.2) is 0 Å². The average molecular weight is 320 g/mol. The van der Waals surface area contributed by atoms with Crippen molar-refractivity contribution in [1.29, 1.82) is 5.26 Å². The van der Waals surface area contributed by atoms with Crippen LogP contribution >= 0.6 is 0 Å². The topological polar surface area (TPSA) is 97.6 Å². The number of hydrogen-bond acceptors (Lipinski definition) is 6. The molecule has 0 fully saturated rings. The molecule has 124 valence electrons. The van der Waals surface area contributed by atoms with Crippen LogP contribution in [0.3, 0.4) is 0 Å². The molecule has 7 heteroatoms. The summed E-state index contributed by atoms with van der Waals surface area (Å²) >= 11 is 0. The summed E-state index contributed by atoms with van der Waals surface area (Å²) in [7, 11) is 1.29. The summed E-state index contributed by atoms with van der Waals surface area (Å²) in [4.78, 5) is 23.0. The quantitative estimate of drug-likeness (QED) is 0.838. The molecule has 0 aliphatic heterocycles. The Bertz CT molecular complexity index is 614. The van der Waals surface area contributed by atoms with E-state index in [-0.39, 0.29) is 30.0 Å². The summed E-state index contributed by atoms with van der Waals surface area (Å²) in [5, 5.41) is 11.7. The maximum Gasteiger partial charge on any atom is 0.412 e. The molecular weight excluding hydrogens is 300 g/mol. The molecule has 0 bridgehead atoms. The molecule has 1 rings (SSSR count). The van der Waals surface area contributed by atoms with Gasteiger partial charge in [0.05, 0.1) is 25.7 Å². The van der Waals surface area contributed by atoms with Gasteiger partial charge in [-0.25, -0.2) is 4.79 Å². The number of methoxy groups -OCH3 is 1. The minimum Gasteiger partial charge on any atom is -0.491 e. The van der Waals surface area contributed by atoms with E-state index >= 15 is 0 Å². The molecule has 0 atom stereocenters. The Morgan fingerprint density at radius 1 is 1.30 bits per heavy atom. The summed E-state index contributed by atoms with van der Waals surface area (Å²) < 4.78 is 15.1. The van der Waals surface area contributed by atoms with Crippen LogP contribution in [0.25, 0.3) is 0 Å². The number of amides is 1. The number of nitrogens with one attached hydrogen (secondary N) is 1. The fourth-order valence-corrected chi connectivity index (χ4v) is 1.63. The Morgan fingerprint density at radius 3 is 2.57 bits per heavy atom. The highest BCUT2D eigenvalue weighted by atomic mass is 16.6. The van der Waals surface area contributed by atoms with E-state index < -0.39 is 17.7 Å². The molecule has 7 nitrogen and oxygen atoms in total. The zero-order valence-corrected chi connectivity index (χ0v) is 13.6. The number of anilines is 1. The minimum absolute atomic E-state index is 0.0547. The molecule has 0 saturated carbocycles. The number of nitriles is 1. The Morgan fingerprint density at radius 2 is 2.00 bits per heavy atom. The molecule has 0 heterocycles. The second-order valence-corrected chi connectivity index (χ2v) is 5.59. The zero-order chi connectivity index (χ0) is 17.5. The molecule has 0 spiro atoms. The highest BCUT2D eigenvalue weighted by molar-refractivity contribution is 5.89. The lowest BCUT2D eigenvalue weighted by atomic mass is 10.1. The molecule has 0 aromatic heterocycles. The van der Waals surface area contributed by atoms with Gasteiger partial charge >= 0.3 is 12.1 Å². The van der Waals surface area contributed by atoms with Crippen LogP contribution in [0.5, 0.6) is 5.75 Å². The normalized spacial score (nSPS) is 10.4. The van der Waals surface area contributed by atoms with E-state index in [0.717, 1.165) is 0 Å². The zero-order valence-electron chi connectivity index (χ0n) is 13.6. The first-order valence-electron chi connectivity index (χ1n) is 6.99. The van der Waals surface area contributed by atoms with Crippen molar-refractivity contribution in [2.75, 3.05) is 19.0 Å². The second-order valence-electron chi connectivity index (χ2n) is 5.59. The molecule has 23 heavy (non-hydrogen) atoms. The lowest BCUT2D eigenvalue weighted by Crippen LogP contribution is -2.27. The van der Waals surface area contributed by atoms with Crippen molar-refractivity contribution in [3.8, 4) is 11.8 Å².